The van der Waals surface area contributed by atoms with Crippen LogP contribution in [-0.4, -0.2) is 33.9 Å². The third kappa shape index (κ3) is 3.97. The van der Waals surface area contributed by atoms with Gasteiger partial charge in [0.15, 0.2) is 5.79 Å². The summed E-state index contributed by atoms with van der Waals surface area (Å²) in [6, 6.07) is 0. The Labute approximate surface area is 117 Å². The first-order chi connectivity index (χ1) is 8.94. The second-order valence-electron chi connectivity index (χ2n) is 6.15. The number of allylic oxidation sites excluding steroid dienone is 1. The number of rotatable bonds is 4. The van der Waals surface area contributed by atoms with Crippen molar-refractivity contribution in [2.24, 2.45) is 0 Å². The maximum absolute atomic E-state index is 6.08. The van der Waals surface area contributed by atoms with Crippen LogP contribution in [0.4, 0.5) is 0 Å². The van der Waals surface area contributed by atoms with Crippen LogP contribution in [0.5, 0.6) is 0 Å². The van der Waals surface area contributed by atoms with Crippen LogP contribution in [0.25, 0.3) is 0 Å². The lowest BCUT2D eigenvalue weighted by Crippen LogP contribution is -2.34. The van der Waals surface area contributed by atoms with Crippen LogP contribution in [-0.2, 0) is 18.6 Å². The zero-order valence-electron chi connectivity index (χ0n) is 12.6. The fourth-order valence-corrected chi connectivity index (χ4v) is 3.29. The Balaban J connectivity index is 2.03. The zero-order valence-corrected chi connectivity index (χ0v) is 13.6. The second-order valence-corrected chi connectivity index (χ2v) is 10.6. The van der Waals surface area contributed by atoms with Gasteiger partial charge in [0.2, 0.25) is 8.32 Å². The molecule has 1 aliphatic heterocycles. The molecule has 2 fully saturated rings. The van der Waals surface area contributed by atoms with E-state index in [1.165, 1.54) is 5.57 Å². The second kappa shape index (κ2) is 5.85. The van der Waals surface area contributed by atoms with Gasteiger partial charge in [-0.2, -0.15) is 0 Å². The molecule has 2 aliphatic rings. The first-order valence-electron chi connectivity index (χ1n) is 7.26. The summed E-state index contributed by atoms with van der Waals surface area (Å²) in [4.78, 5) is 0. The minimum Gasteiger partial charge on any atom is -0.520 e. The molecule has 1 aliphatic carbocycles. The number of ether oxygens (including phenoxy) is 3. The fraction of sp³-hybridized carbons (Fsp3) is 0.857. The van der Waals surface area contributed by atoms with Gasteiger partial charge in [0.05, 0.1) is 19.8 Å². The van der Waals surface area contributed by atoms with Gasteiger partial charge in [-0.05, 0) is 39.4 Å². The standard InChI is InChI=1S/C14H26O4Si/c1-5-15-13(18-19(2,3)4)12-6-8-14(9-7-12)16-10-11-17-14/h5-11H2,1-4H3. The van der Waals surface area contributed by atoms with Crippen LogP contribution >= 0.6 is 0 Å². The van der Waals surface area contributed by atoms with Gasteiger partial charge < -0.3 is 18.6 Å². The van der Waals surface area contributed by atoms with Gasteiger partial charge in [0.1, 0.15) is 0 Å². The highest BCUT2D eigenvalue weighted by molar-refractivity contribution is 6.70. The maximum atomic E-state index is 6.08. The van der Waals surface area contributed by atoms with Crippen LogP contribution in [0, 0.1) is 0 Å². The molecule has 5 heteroatoms. The topological polar surface area (TPSA) is 36.9 Å². The van der Waals surface area contributed by atoms with Crippen LogP contribution in [0.15, 0.2) is 11.5 Å². The number of hydrogen-bond donors (Lipinski definition) is 0. The van der Waals surface area contributed by atoms with Crippen molar-refractivity contribution in [3.8, 4) is 0 Å². The van der Waals surface area contributed by atoms with Crippen LogP contribution < -0.4 is 0 Å². The summed E-state index contributed by atoms with van der Waals surface area (Å²) in [6.07, 6.45) is 3.71. The summed E-state index contributed by atoms with van der Waals surface area (Å²) in [5.74, 6) is 0.453. The predicted octanol–water partition coefficient (Wildman–Crippen LogP) is 3.40. The first-order valence-corrected chi connectivity index (χ1v) is 10.7. The molecular formula is C14H26O4Si. The molecule has 2 rings (SSSR count). The van der Waals surface area contributed by atoms with E-state index in [1.54, 1.807) is 0 Å². The summed E-state index contributed by atoms with van der Waals surface area (Å²) in [5.41, 5.74) is 1.29. The minimum atomic E-state index is -1.63. The normalized spacial score (nSPS) is 22.6. The molecule has 4 nitrogen and oxygen atoms in total. The van der Waals surface area contributed by atoms with Gasteiger partial charge in [0, 0.05) is 18.4 Å². The summed E-state index contributed by atoms with van der Waals surface area (Å²) >= 11 is 0. The van der Waals surface area contributed by atoms with E-state index in [2.05, 4.69) is 19.6 Å². The van der Waals surface area contributed by atoms with Crippen molar-refractivity contribution in [3.05, 3.63) is 11.5 Å². The lowest BCUT2D eigenvalue weighted by molar-refractivity contribution is -0.172. The van der Waals surface area contributed by atoms with Crippen molar-refractivity contribution in [2.45, 2.75) is 58.0 Å². The fourth-order valence-electron chi connectivity index (χ4n) is 2.54. The molecule has 1 heterocycles. The molecule has 0 aromatic heterocycles. The molecule has 110 valence electrons. The van der Waals surface area contributed by atoms with Gasteiger partial charge in [-0.15, -0.1) is 0 Å². The average molecular weight is 286 g/mol. The van der Waals surface area contributed by atoms with Crippen molar-refractivity contribution in [3.63, 3.8) is 0 Å². The predicted molar refractivity (Wildman–Crippen MR) is 76.2 cm³/mol. The van der Waals surface area contributed by atoms with E-state index in [1.807, 2.05) is 6.92 Å². The SMILES string of the molecule is CCOC(O[Si](C)(C)C)=C1CCC2(CC1)OCCO2. The molecule has 19 heavy (non-hydrogen) atoms. The highest BCUT2D eigenvalue weighted by Crippen LogP contribution is 2.39. The Morgan fingerprint density at radius 1 is 1.16 bits per heavy atom. The molecule has 1 saturated heterocycles. The van der Waals surface area contributed by atoms with Gasteiger partial charge >= 0.3 is 0 Å². The molecule has 0 radical (unpaired) electrons. The van der Waals surface area contributed by atoms with E-state index >= 15 is 0 Å². The molecule has 0 bridgehead atoms. The van der Waals surface area contributed by atoms with Crippen molar-refractivity contribution >= 4 is 8.32 Å². The molecule has 1 saturated carbocycles. The molecule has 1 spiro atoms. The molecule has 0 aromatic carbocycles. The highest BCUT2D eigenvalue weighted by atomic mass is 28.4. The van der Waals surface area contributed by atoms with E-state index in [-0.39, 0.29) is 5.79 Å². The van der Waals surface area contributed by atoms with Gasteiger partial charge in [-0.25, -0.2) is 0 Å². The largest absolute Gasteiger partial charge is 0.520 e. The Bertz CT molecular complexity index is 328. The quantitative estimate of drug-likeness (QED) is 0.586. The Hall–Kier alpha value is -0.523. The zero-order chi connectivity index (χ0) is 13.9. The van der Waals surface area contributed by atoms with Crippen LogP contribution in [0.1, 0.15) is 32.6 Å². The molecular weight excluding hydrogens is 260 g/mol. The Morgan fingerprint density at radius 3 is 2.21 bits per heavy atom. The van der Waals surface area contributed by atoms with E-state index < -0.39 is 8.32 Å². The van der Waals surface area contributed by atoms with Crippen molar-refractivity contribution in [1.82, 2.24) is 0 Å². The molecule has 0 atom stereocenters. The average Bonchev–Trinajstić information content (AvgIpc) is 2.76. The lowest BCUT2D eigenvalue weighted by Gasteiger charge is -2.33. The van der Waals surface area contributed by atoms with Crippen molar-refractivity contribution < 1.29 is 18.6 Å². The van der Waals surface area contributed by atoms with Gasteiger partial charge in [-0.3, -0.25) is 0 Å². The van der Waals surface area contributed by atoms with E-state index in [0.717, 1.165) is 44.8 Å². The summed E-state index contributed by atoms with van der Waals surface area (Å²) in [7, 11) is -1.63. The molecule has 0 amide bonds. The van der Waals surface area contributed by atoms with Crippen LogP contribution in [0.2, 0.25) is 19.6 Å². The monoisotopic (exact) mass is 286 g/mol. The highest BCUT2D eigenvalue weighted by Gasteiger charge is 2.40. The van der Waals surface area contributed by atoms with E-state index in [0.29, 0.717) is 6.61 Å². The smallest absolute Gasteiger partial charge is 0.264 e. The third-order valence-corrected chi connectivity index (χ3v) is 4.19. The summed E-state index contributed by atoms with van der Waals surface area (Å²) < 4.78 is 23.3. The minimum absolute atomic E-state index is 0.319. The van der Waals surface area contributed by atoms with E-state index in [9.17, 15) is 0 Å². The summed E-state index contributed by atoms with van der Waals surface area (Å²) in [5, 5.41) is 0. The van der Waals surface area contributed by atoms with Crippen molar-refractivity contribution in [1.29, 1.82) is 0 Å². The van der Waals surface area contributed by atoms with E-state index in [4.69, 9.17) is 18.6 Å². The maximum Gasteiger partial charge on any atom is 0.264 e. The summed E-state index contributed by atoms with van der Waals surface area (Å²) in [6.45, 7) is 10.6. The Kier molecular flexibility index (Phi) is 4.58. The number of hydrogen-bond acceptors (Lipinski definition) is 4. The molecule has 0 N–H and O–H groups in total. The van der Waals surface area contributed by atoms with Gasteiger partial charge in [-0.1, -0.05) is 0 Å². The van der Waals surface area contributed by atoms with Gasteiger partial charge in [0.25, 0.3) is 5.95 Å². The van der Waals surface area contributed by atoms with Crippen molar-refractivity contribution in [2.75, 3.05) is 19.8 Å². The Morgan fingerprint density at radius 2 is 1.74 bits per heavy atom. The first kappa shape index (κ1) is 14.9. The molecule has 0 aromatic rings. The third-order valence-electron chi connectivity index (χ3n) is 3.39. The lowest BCUT2D eigenvalue weighted by atomic mass is 9.90. The molecule has 0 unspecified atom stereocenters. The van der Waals surface area contributed by atoms with Crippen LogP contribution in [0.3, 0.4) is 0 Å².